The zero-order chi connectivity index (χ0) is 18.8. The SMILES string of the molecule is Cc1nc(NCCO)ccc1-c1nc2ccncc2n1-c1ccc(F)cc1. The summed E-state index contributed by atoms with van der Waals surface area (Å²) in [6.07, 6.45) is 3.44. The van der Waals surface area contributed by atoms with Gasteiger partial charge in [-0.3, -0.25) is 9.55 Å². The van der Waals surface area contributed by atoms with Crippen LogP contribution in [0.5, 0.6) is 0 Å². The lowest BCUT2D eigenvalue weighted by atomic mass is 10.2. The minimum absolute atomic E-state index is 0.0375. The highest BCUT2D eigenvalue weighted by Crippen LogP contribution is 2.30. The molecular formula is C20H18FN5O. The van der Waals surface area contributed by atoms with Gasteiger partial charge in [-0.15, -0.1) is 0 Å². The van der Waals surface area contributed by atoms with Crippen molar-refractivity contribution in [1.82, 2.24) is 19.5 Å². The number of hydrogen-bond donors (Lipinski definition) is 2. The first-order valence-electron chi connectivity index (χ1n) is 8.58. The molecule has 0 fully saturated rings. The summed E-state index contributed by atoms with van der Waals surface area (Å²) in [5, 5.41) is 12.0. The fraction of sp³-hybridized carbons (Fsp3) is 0.150. The van der Waals surface area contributed by atoms with E-state index in [0.717, 1.165) is 28.0 Å². The number of imidazole rings is 1. The summed E-state index contributed by atoms with van der Waals surface area (Å²) in [5.74, 6) is 1.11. The maximum Gasteiger partial charge on any atom is 0.147 e. The first-order chi connectivity index (χ1) is 13.2. The Morgan fingerprint density at radius 1 is 1.07 bits per heavy atom. The van der Waals surface area contributed by atoms with E-state index in [1.54, 1.807) is 24.5 Å². The Bertz CT molecular complexity index is 1090. The third kappa shape index (κ3) is 3.24. The first kappa shape index (κ1) is 17.1. The smallest absolute Gasteiger partial charge is 0.147 e. The molecule has 7 heteroatoms. The van der Waals surface area contributed by atoms with Crippen LogP contribution in [0, 0.1) is 12.7 Å². The van der Waals surface area contributed by atoms with Crippen LogP contribution in [0.2, 0.25) is 0 Å². The molecule has 0 bridgehead atoms. The Kier molecular flexibility index (Phi) is 4.52. The largest absolute Gasteiger partial charge is 0.395 e. The highest BCUT2D eigenvalue weighted by atomic mass is 19.1. The summed E-state index contributed by atoms with van der Waals surface area (Å²) in [6, 6.07) is 11.9. The van der Waals surface area contributed by atoms with Gasteiger partial charge in [0.05, 0.1) is 29.5 Å². The Morgan fingerprint density at radius 3 is 2.63 bits per heavy atom. The van der Waals surface area contributed by atoms with Crippen LogP contribution >= 0.6 is 0 Å². The lowest BCUT2D eigenvalue weighted by Gasteiger charge is -2.12. The van der Waals surface area contributed by atoms with Gasteiger partial charge in [-0.25, -0.2) is 14.4 Å². The number of pyridine rings is 2. The molecule has 0 aliphatic heterocycles. The summed E-state index contributed by atoms with van der Waals surface area (Å²) in [5.41, 5.74) is 4.09. The molecule has 0 saturated heterocycles. The second-order valence-corrected chi connectivity index (χ2v) is 6.09. The highest BCUT2D eigenvalue weighted by Gasteiger charge is 2.17. The van der Waals surface area contributed by atoms with Crippen LogP contribution in [-0.4, -0.2) is 37.8 Å². The number of rotatable bonds is 5. The Morgan fingerprint density at radius 2 is 1.89 bits per heavy atom. The van der Waals surface area contributed by atoms with Gasteiger partial charge in [0, 0.05) is 24.0 Å². The van der Waals surface area contributed by atoms with Crippen LogP contribution in [0.1, 0.15) is 5.69 Å². The number of halogens is 1. The van der Waals surface area contributed by atoms with Gasteiger partial charge in [-0.1, -0.05) is 0 Å². The van der Waals surface area contributed by atoms with E-state index < -0.39 is 0 Å². The van der Waals surface area contributed by atoms with Crippen molar-refractivity contribution in [2.75, 3.05) is 18.5 Å². The molecule has 3 aromatic heterocycles. The van der Waals surface area contributed by atoms with Gasteiger partial charge < -0.3 is 10.4 Å². The van der Waals surface area contributed by atoms with Crippen molar-refractivity contribution in [1.29, 1.82) is 0 Å². The van der Waals surface area contributed by atoms with Crippen LogP contribution in [-0.2, 0) is 0 Å². The van der Waals surface area contributed by atoms with Crippen molar-refractivity contribution in [3.63, 3.8) is 0 Å². The van der Waals surface area contributed by atoms with Crippen LogP contribution in [0.3, 0.4) is 0 Å². The minimum Gasteiger partial charge on any atom is -0.395 e. The lowest BCUT2D eigenvalue weighted by molar-refractivity contribution is 0.311. The van der Waals surface area contributed by atoms with E-state index in [4.69, 9.17) is 10.1 Å². The Labute approximate surface area is 155 Å². The molecule has 27 heavy (non-hydrogen) atoms. The molecule has 1 aromatic carbocycles. The van der Waals surface area contributed by atoms with Crippen molar-refractivity contribution in [3.8, 4) is 17.1 Å². The molecule has 0 radical (unpaired) electrons. The van der Waals surface area contributed by atoms with Crippen molar-refractivity contribution >= 4 is 16.9 Å². The maximum atomic E-state index is 13.4. The molecule has 4 aromatic rings. The number of aromatic nitrogens is 4. The van der Waals surface area contributed by atoms with Gasteiger partial charge in [-0.05, 0) is 49.4 Å². The second-order valence-electron chi connectivity index (χ2n) is 6.09. The topological polar surface area (TPSA) is 75.9 Å². The minimum atomic E-state index is -0.292. The van der Waals surface area contributed by atoms with E-state index in [1.165, 1.54) is 12.1 Å². The average molecular weight is 363 g/mol. The first-order valence-corrected chi connectivity index (χ1v) is 8.58. The fourth-order valence-electron chi connectivity index (χ4n) is 3.04. The monoisotopic (exact) mass is 363 g/mol. The molecule has 0 aliphatic rings. The summed E-state index contributed by atoms with van der Waals surface area (Å²) in [6.45, 7) is 2.38. The molecule has 0 unspecified atom stereocenters. The molecule has 0 spiro atoms. The molecule has 4 rings (SSSR count). The van der Waals surface area contributed by atoms with E-state index in [-0.39, 0.29) is 12.4 Å². The number of fused-ring (bicyclic) bond motifs is 1. The third-order valence-electron chi connectivity index (χ3n) is 4.29. The van der Waals surface area contributed by atoms with Gasteiger partial charge in [0.15, 0.2) is 0 Å². The van der Waals surface area contributed by atoms with Crippen molar-refractivity contribution in [2.45, 2.75) is 6.92 Å². The molecule has 6 nitrogen and oxygen atoms in total. The molecule has 0 saturated carbocycles. The molecular weight excluding hydrogens is 345 g/mol. The van der Waals surface area contributed by atoms with E-state index >= 15 is 0 Å². The van der Waals surface area contributed by atoms with E-state index in [9.17, 15) is 4.39 Å². The third-order valence-corrected chi connectivity index (χ3v) is 4.29. The van der Waals surface area contributed by atoms with Crippen LogP contribution in [0.15, 0.2) is 54.9 Å². The molecule has 136 valence electrons. The van der Waals surface area contributed by atoms with Crippen LogP contribution in [0.4, 0.5) is 10.2 Å². The zero-order valence-corrected chi connectivity index (χ0v) is 14.7. The standard InChI is InChI=1S/C20H18FN5O/c1-13-16(6-7-19(24-13)23-10-11-27)20-25-17-8-9-22-12-18(17)26(20)15-4-2-14(21)3-5-15/h2-9,12,27H,10-11H2,1H3,(H,23,24). The predicted molar refractivity (Wildman–Crippen MR) is 102 cm³/mol. The summed E-state index contributed by atoms with van der Waals surface area (Å²) >= 11 is 0. The number of nitrogens with one attached hydrogen (secondary N) is 1. The molecule has 3 heterocycles. The number of aliphatic hydroxyl groups excluding tert-OH is 1. The van der Waals surface area contributed by atoms with Crippen molar-refractivity contribution < 1.29 is 9.50 Å². The van der Waals surface area contributed by atoms with Crippen molar-refractivity contribution in [2.24, 2.45) is 0 Å². The van der Waals surface area contributed by atoms with Gasteiger partial charge in [0.2, 0.25) is 0 Å². The number of nitrogens with zero attached hydrogens (tertiary/aromatic N) is 4. The van der Waals surface area contributed by atoms with E-state index in [1.807, 2.05) is 29.7 Å². The fourth-order valence-corrected chi connectivity index (χ4v) is 3.04. The number of aliphatic hydroxyl groups is 1. The van der Waals surface area contributed by atoms with Gasteiger partial charge in [-0.2, -0.15) is 0 Å². The Balaban J connectivity index is 1.89. The number of hydrogen-bond acceptors (Lipinski definition) is 5. The van der Waals surface area contributed by atoms with E-state index in [2.05, 4.69) is 15.3 Å². The highest BCUT2D eigenvalue weighted by molar-refractivity contribution is 5.83. The summed E-state index contributed by atoms with van der Waals surface area (Å²) < 4.78 is 15.4. The second kappa shape index (κ2) is 7.13. The average Bonchev–Trinajstić information content (AvgIpc) is 3.06. The maximum absolute atomic E-state index is 13.4. The van der Waals surface area contributed by atoms with Gasteiger partial charge >= 0.3 is 0 Å². The molecule has 2 N–H and O–H groups in total. The normalized spacial score (nSPS) is 11.1. The predicted octanol–water partition coefficient (Wildman–Crippen LogP) is 3.33. The zero-order valence-electron chi connectivity index (χ0n) is 14.7. The summed E-state index contributed by atoms with van der Waals surface area (Å²) in [7, 11) is 0. The van der Waals surface area contributed by atoms with Gasteiger partial charge in [0.1, 0.15) is 17.5 Å². The molecule has 0 aliphatic carbocycles. The molecule has 0 atom stereocenters. The van der Waals surface area contributed by atoms with Crippen LogP contribution in [0.25, 0.3) is 28.1 Å². The van der Waals surface area contributed by atoms with E-state index in [0.29, 0.717) is 18.2 Å². The Hall–Kier alpha value is -3.32. The number of benzene rings is 1. The lowest BCUT2D eigenvalue weighted by Crippen LogP contribution is -2.08. The van der Waals surface area contributed by atoms with Crippen molar-refractivity contribution in [3.05, 3.63) is 66.4 Å². The quantitative estimate of drug-likeness (QED) is 0.569. The summed E-state index contributed by atoms with van der Waals surface area (Å²) in [4.78, 5) is 13.5. The van der Waals surface area contributed by atoms with Crippen LogP contribution < -0.4 is 5.32 Å². The molecule has 0 amide bonds. The van der Waals surface area contributed by atoms with Gasteiger partial charge in [0.25, 0.3) is 0 Å². The number of anilines is 1. The number of aryl methyl sites for hydroxylation is 1.